The molecule has 2 fully saturated rings. The van der Waals surface area contributed by atoms with Crippen LogP contribution in [0, 0.1) is 0 Å². The Hall–Kier alpha value is -0.460. The predicted octanol–water partition coefficient (Wildman–Crippen LogP) is -0.696. The lowest BCUT2D eigenvalue weighted by atomic mass is 9.87. The minimum absolute atomic E-state index is 0.166. The van der Waals surface area contributed by atoms with Crippen molar-refractivity contribution in [3.63, 3.8) is 0 Å². The van der Waals surface area contributed by atoms with Crippen molar-refractivity contribution < 1.29 is 14.1 Å². The molecule has 2 saturated heterocycles. The number of hydrogen-bond acceptors (Lipinski definition) is 4. The topological polar surface area (TPSA) is 78.4 Å². The second-order valence-electron chi connectivity index (χ2n) is 4.72. The number of nitrogens with one attached hydrogen (secondary N) is 2. The molecule has 0 aliphatic carbocycles. The summed E-state index contributed by atoms with van der Waals surface area (Å²) in [7, 11) is -0.656. The molecule has 0 spiro atoms. The summed E-state index contributed by atoms with van der Waals surface area (Å²) in [5, 5.41) is 15.4. The van der Waals surface area contributed by atoms with E-state index in [4.69, 9.17) is 5.11 Å². The summed E-state index contributed by atoms with van der Waals surface area (Å²) in [4.78, 5) is 10.8. The van der Waals surface area contributed by atoms with Gasteiger partial charge in [0, 0.05) is 41.4 Å². The Balaban J connectivity index is 1.86. The molecule has 0 atom stereocenters. The normalized spacial score (nSPS) is 33.0. The standard InChI is InChI=1S/C10H18N2O3S/c13-9(14)5-10(6-11-7-10)12-8-1-3-16(15)4-2-8/h8,11-12H,1-7H2,(H,13,14). The molecule has 2 rings (SSSR count). The first-order valence-corrected chi connectivity index (χ1v) is 7.14. The molecule has 0 unspecified atom stereocenters. The summed E-state index contributed by atoms with van der Waals surface area (Å²) in [6.45, 7) is 1.44. The van der Waals surface area contributed by atoms with Crippen molar-refractivity contribution in [2.45, 2.75) is 30.8 Å². The Morgan fingerprint density at radius 2 is 2.06 bits per heavy atom. The molecule has 2 aliphatic rings. The van der Waals surface area contributed by atoms with Gasteiger partial charge in [0.2, 0.25) is 0 Å². The van der Waals surface area contributed by atoms with Crippen LogP contribution in [0.5, 0.6) is 0 Å². The van der Waals surface area contributed by atoms with Crippen molar-refractivity contribution in [2.24, 2.45) is 0 Å². The van der Waals surface area contributed by atoms with Crippen LogP contribution >= 0.6 is 0 Å². The monoisotopic (exact) mass is 246 g/mol. The minimum atomic E-state index is -0.756. The molecule has 0 amide bonds. The Morgan fingerprint density at radius 1 is 1.44 bits per heavy atom. The molecular formula is C10H18N2O3S. The fraction of sp³-hybridized carbons (Fsp3) is 0.900. The number of carboxylic acids is 1. The summed E-state index contributed by atoms with van der Waals surface area (Å²) in [5.74, 6) is 0.732. The van der Waals surface area contributed by atoms with Gasteiger partial charge >= 0.3 is 5.97 Å². The average molecular weight is 246 g/mol. The van der Waals surface area contributed by atoms with E-state index in [0.717, 1.165) is 37.4 Å². The van der Waals surface area contributed by atoms with Crippen LogP contribution < -0.4 is 10.6 Å². The predicted molar refractivity (Wildman–Crippen MR) is 61.9 cm³/mol. The van der Waals surface area contributed by atoms with Crippen LogP contribution in [0.3, 0.4) is 0 Å². The maximum Gasteiger partial charge on any atom is 0.305 e. The molecule has 0 aromatic carbocycles. The van der Waals surface area contributed by atoms with E-state index in [1.165, 1.54) is 0 Å². The van der Waals surface area contributed by atoms with E-state index in [2.05, 4.69) is 10.6 Å². The Labute approximate surface area is 97.4 Å². The van der Waals surface area contributed by atoms with Crippen LogP contribution in [0.1, 0.15) is 19.3 Å². The second-order valence-corrected chi connectivity index (χ2v) is 6.42. The molecule has 0 saturated carbocycles. The average Bonchev–Trinajstić information content (AvgIpc) is 2.17. The zero-order chi connectivity index (χ0) is 11.6. The van der Waals surface area contributed by atoms with Crippen molar-refractivity contribution >= 4 is 16.8 Å². The molecule has 5 nitrogen and oxygen atoms in total. The number of rotatable bonds is 4. The molecule has 3 N–H and O–H groups in total. The van der Waals surface area contributed by atoms with E-state index in [9.17, 15) is 9.00 Å². The highest BCUT2D eigenvalue weighted by Gasteiger charge is 2.40. The van der Waals surface area contributed by atoms with Gasteiger partial charge in [0.1, 0.15) is 0 Å². The molecule has 16 heavy (non-hydrogen) atoms. The third kappa shape index (κ3) is 2.81. The van der Waals surface area contributed by atoms with Crippen molar-refractivity contribution in [1.29, 1.82) is 0 Å². The van der Waals surface area contributed by atoms with Gasteiger partial charge in [-0.05, 0) is 12.8 Å². The fourth-order valence-electron chi connectivity index (χ4n) is 2.37. The quantitative estimate of drug-likeness (QED) is 0.611. The molecule has 0 bridgehead atoms. The zero-order valence-corrected chi connectivity index (χ0v) is 10.0. The lowest BCUT2D eigenvalue weighted by molar-refractivity contribution is -0.139. The maximum absolute atomic E-state index is 11.2. The first-order valence-electron chi connectivity index (χ1n) is 5.65. The molecule has 6 heteroatoms. The lowest BCUT2D eigenvalue weighted by Crippen LogP contribution is -2.70. The Morgan fingerprint density at radius 3 is 2.50 bits per heavy atom. The summed E-state index contributed by atoms with van der Waals surface area (Å²) in [6, 6.07) is 0.333. The third-order valence-corrected chi connectivity index (χ3v) is 4.70. The van der Waals surface area contributed by atoms with Gasteiger partial charge in [0.05, 0.1) is 12.0 Å². The summed E-state index contributed by atoms with van der Waals surface area (Å²) in [6.07, 6.45) is 1.96. The van der Waals surface area contributed by atoms with Crippen LogP contribution in [-0.2, 0) is 15.6 Å². The van der Waals surface area contributed by atoms with Gasteiger partial charge in [-0.1, -0.05) is 0 Å². The SMILES string of the molecule is O=C(O)CC1(NC2CCS(=O)CC2)CNC1. The molecule has 2 heterocycles. The van der Waals surface area contributed by atoms with Gasteiger partial charge in [0.25, 0.3) is 0 Å². The third-order valence-electron chi connectivity index (χ3n) is 3.31. The van der Waals surface area contributed by atoms with Crippen LogP contribution in [0.25, 0.3) is 0 Å². The highest BCUT2D eigenvalue weighted by molar-refractivity contribution is 7.85. The first kappa shape index (κ1) is 12.0. The van der Waals surface area contributed by atoms with E-state index in [1.54, 1.807) is 0 Å². The largest absolute Gasteiger partial charge is 0.481 e. The van der Waals surface area contributed by atoms with Crippen LogP contribution in [0.2, 0.25) is 0 Å². The van der Waals surface area contributed by atoms with Gasteiger partial charge in [-0.15, -0.1) is 0 Å². The van der Waals surface area contributed by atoms with Crippen LogP contribution in [-0.4, -0.2) is 51.5 Å². The Kier molecular flexibility index (Phi) is 3.61. The van der Waals surface area contributed by atoms with Crippen molar-refractivity contribution in [3.8, 4) is 0 Å². The lowest BCUT2D eigenvalue weighted by Gasteiger charge is -2.45. The Bertz CT molecular complexity index is 294. The van der Waals surface area contributed by atoms with Crippen molar-refractivity contribution in [3.05, 3.63) is 0 Å². The fourth-order valence-corrected chi connectivity index (χ4v) is 3.66. The van der Waals surface area contributed by atoms with Crippen molar-refractivity contribution in [1.82, 2.24) is 10.6 Å². The van der Waals surface area contributed by atoms with Gasteiger partial charge in [-0.25, -0.2) is 0 Å². The zero-order valence-electron chi connectivity index (χ0n) is 9.20. The van der Waals surface area contributed by atoms with Gasteiger partial charge in [0.15, 0.2) is 0 Å². The number of carbonyl (C=O) groups is 1. The van der Waals surface area contributed by atoms with Gasteiger partial charge in [-0.3, -0.25) is 9.00 Å². The highest BCUT2D eigenvalue weighted by atomic mass is 32.2. The summed E-state index contributed by atoms with van der Waals surface area (Å²) in [5.41, 5.74) is -0.269. The van der Waals surface area contributed by atoms with E-state index < -0.39 is 16.8 Å². The first-order chi connectivity index (χ1) is 7.60. The molecule has 0 radical (unpaired) electrons. The van der Waals surface area contributed by atoms with E-state index in [-0.39, 0.29) is 12.0 Å². The summed E-state index contributed by atoms with van der Waals surface area (Å²) >= 11 is 0. The van der Waals surface area contributed by atoms with E-state index in [1.807, 2.05) is 0 Å². The highest BCUT2D eigenvalue weighted by Crippen LogP contribution is 2.20. The van der Waals surface area contributed by atoms with Gasteiger partial charge in [-0.2, -0.15) is 0 Å². The second kappa shape index (κ2) is 4.81. The van der Waals surface area contributed by atoms with Crippen LogP contribution in [0.15, 0.2) is 0 Å². The van der Waals surface area contributed by atoms with Gasteiger partial charge < -0.3 is 15.7 Å². The molecule has 92 valence electrons. The number of carboxylic acid groups (broad SMARTS) is 1. The number of hydrogen-bond donors (Lipinski definition) is 3. The van der Waals surface area contributed by atoms with Crippen molar-refractivity contribution in [2.75, 3.05) is 24.6 Å². The van der Waals surface area contributed by atoms with E-state index >= 15 is 0 Å². The number of aliphatic carboxylic acids is 1. The molecular weight excluding hydrogens is 228 g/mol. The minimum Gasteiger partial charge on any atom is -0.481 e. The maximum atomic E-state index is 11.2. The summed E-state index contributed by atoms with van der Waals surface area (Å²) < 4.78 is 11.2. The smallest absolute Gasteiger partial charge is 0.305 e. The molecule has 0 aromatic heterocycles. The van der Waals surface area contributed by atoms with E-state index in [0.29, 0.717) is 6.04 Å². The van der Waals surface area contributed by atoms with Crippen LogP contribution in [0.4, 0.5) is 0 Å². The molecule has 0 aromatic rings. The molecule has 2 aliphatic heterocycles.